The van der Waals surface area contributed by atoms with Gasteiger partial charge in [0.05, 0.1) is 11.4 Å². The monoisotopic (exact) mass is 757 g/mol. The molecule has 3 saturated carbocycles. The quantitative estimate of drug-likeness (QED) is 0.154. The van der Waals surface area contributed by atoms with E-state index in [1.807, 2.05) is 60.7 Å². The molecule has 2 atom stereocenters. The molecular formula is C54H39N5. The van der Waals surface area contributed by atoms with Crippen molar-refractivity contribution >= 4 is 10.8 Å². The SMILES string of the molecule is c1ccc(-c2cc(-c3cccc(C45CC6CC(C4)C65)c3)nc(-c3ccc(-c4cc(-c5nc(-c6ccccc6)nc(-c6ccccc6)n5)c5ccccc5c4)cc3)n2)cc1. The zero-order chi connectivity index (χ0) is 38.9. The van der Waals surface area contributed by atoms with Crippen LogP contribution in [-0.4, -0.2) is 24.9 Å². The minimum absolute atomic E-state index is 0.401. The molecule has 0 bridgehead atoms. The molecule has 3 aliphatic rings. The summed E-state index contributed by atoms with van der Waals surface area (Å²) in [6.07, 6.45) is 4.16. The molecule has 59 heavy (non-hydrogen) atoms. The number of hydrogen-bond acceptors (Lipinski definition) is 5. The minimum atomic E-state index is 0.401. The third kappa shape index (κ3) is 5.72. The van der Waals surface area contributed by atoms with E-state index in [4.69, 9.17) is 24.9 Å². The van der Waals surface area contributed by atoms with Gasteiger partial charge in [-0.05, 0) is 94.2 Å². The number of benzene rings is 7. The molecule has 2 unspecified atom stereocenters. The van der Waals surface area contributed by atoms with Gasteiger partial charge in [0.2, 0.25) is 0 Å². The summed E-state index contributed by atoms with van der Waals surface area (Å²) in [7, 11) is 0. The number of nitrogens with zero attached hydrogens (tertiary/aromatic N) is 5. The summed E-state index contributed by atoms with van der Waals surface area (Å²) in [5.74, 6) is 5.46. The van der Waals surface area contributed by atoms with Gasteiger partial charge in [0.15, 0.2) is 23.3 Å². The molecule has 9 aromatic rings. The lowest BCUT2D eigenvalue weighted by atomic mass is 9.28. The highest BCUT2D eigenvalue weighted by Crippen LogP contribution is 2.77. The summed E-state index contributed by atoms with van der Waals surface area (Å²) in [4.78, 5) is 25.6. The lowest BCUT2D eigenvalue weighted by Gasteiger charge is -2.76. The van der Waals surface area contributed by atoms with Crippen molar-refractivity contribution in [1.82, 2.24) is 24.9 Å². The molecule has 0 N–H and O–H groups in total. The van der Waals surface area contributed by atoms with Crippen molar-refractivity contribution in [3.8, 4) is 79.2 Å². The number of hydrogen-bond donors (Lipinski definition) is 0. The summed E-state index contributed by atoms with van der Waals surface area (Å²) in [5, 5.41) is 2.20. The molecule has 7 aromatic carbocycles. The van der Waals surface area contributed by atoms with Crippen molar-refractivity contribution in [2.75, 3.05) is 0 Å². The summed E-state index contributed by atoms with van der Waals surface area (Å²) < 4.78 is 0. The van der Waals surface area contributed by atoms with Crippen LogP contribution in [0.5, 0.6) is 0 Å². The van der Waals surface area contributed by atoms with Gasteiger partial charge in [-0.3, -0.25) is 0 Å². The van der Waals surface area contributed by atoms with E-state index in [0.717, 1.165) is 84.4 Å². The lowest BCUT2D eigenvalue weighted by molar-refractivity contribution is -0.219. The van der Waals surface area contributed by atoms with Crippen molar-refractivity contribution in [1.29, 1.82) is 0 Å². The van der Waals surface area contributed by atoms with Gasteiger partial charge >= 0.3 is 0 Å². The summed E-state index contributed by atoms with van der Waals surface area (Å²) in [6.45, 7) is 0. The Morgan fingerprint density at radius 1 is 0.373 bits per heavy atom. The highest BCUT2D eigenvalue weighted by molar-refractivity contribution is 5.99. The Bertz CT molecular complexity index is 2970. The van der Waals surface area contributed by atoms with Crippen molar-refractivity contribution in [2.45, 2.75) is 24.7 Å². The molecule has 3 aliphatic carbocycles. The van der Waals surface area contributed by atoms with Gasteiger partial charge in [-0.15, -0.1) is 0 Å². The summed E-state index contributed by atoms with van der Waals surface area (Å²) in [6, 6.07) is 63.7. The molecule has 2 aromatic heterocycles. The van der Waals surface area contributed by atoms with E-state index < -0.39 is 0 Å². The van der Waals surface area contributed by atoms with E-state index in [0.29, 0.717) is 28.7 Å². The normalized spacial score (nSPS) is 19.9. The van der Waals surface area contributed by atoms with E-state index in [1.54, 1.807) is 0 Å². The van der Waals surface area contributed by atoms with Crippen molar-refractivity contribution in [3.63, 3.8) is 0 Å². The first-order valence-electron chi connectivity index (χ1n) is 20.7. The first-order chi connectivity index (χ1) is 29.1. The number of fused-ring (bicyclic) bond motifs is 1. The van der Waals surface area contributed by atoms with Crippen LogP contribution in [0.4, 0.5) is 0 Å². The van der Waals surface area contributed by atoms with E-state index in [-0.39, 0.29) is 0 Å². The molecule has 0 aliphatic heterocycles. The van der Waals surface area contributed by atoms with Crippen LogP contribution in [0.2, 0.25) is 0 Å². The predicted octanol–water partition coefficient (Wildman–Crippen LogP) is 12.8. The maximum absolute atomic E-state index is 5.26. The molecule has 5 nitrogen and oxygen atoms in total. The van der Waals surface area contributed by atoms with Crippen LogP contribution in [0.3, 0.4) is 0 Å². The Morgan fingerprint density at radius 3 is 1.54 bits per heavy atom. The van der Waals surface area contributed by atoms with Gasteiger partial charge in [0, 0.05) is 33.4 Å². The average Bonchev–Trinajstić information content (AvgIpc) is 3.31. The Morgan fingerprint density at radius 2 is 0.898 bits per heavy atom. The van der Waals surface area contributed by atoms with E-state index in [2.05, 4.69) is 121 Å². The van der Waals surface area contributed by atoms with Gasteiger partial charge in [0.1, 0.15) is 0 Å². The van der Waals surface area contributed by atoms with Crippen LogP contribution in [0.15, 0.2) is 182 Å². The smallest absolute Gasteiger partial charge is 0.164 e. The van der Waals surface area contributed by atoms with Crippen LogP contribution >= 0.6 is 0 Å². The second-order valence-electron chi connectivity index (χ2n) is 16.6. The molecule has 0 amide bonds. The average molecular weight is 758 g/mol. The standard InChI is InChI=1S/C54H39N5/c1-4-13-35(14-5-1)47-31-48(40-20-12-21-44(29-40)54-32-42-28-43(33-54)49(42)54)56-50(55-47)38-25-23-34(24-26-38)41-27-39-19-10-11-22-45(39)46(30-41)53-58-51(36-15-6-2-7-16-36)57-52(59-53)37-17-8-3-9-18-37/h1-27,29-31,42-43,49H,28,32-33H2. The Hall–Kier alpha value is -7.11. The van der Waals surface area contributed by atoms with E-state index in [1.165, 1.54) is 24.8 Å². The van der Waals surface area contributed by atoms with E-state index in [9.17, 15) is 0 Å². The first kappa shape index (κ1) is 34.0. The number of aromatic nitrogens is 5. The fourth-order valence-electron chi connectivity index (χ4n) is 10.5. The van der Waals surface area contributed by atoms with Crippen LogP contribution in [0.1, 0.15) is 24.8 Å². The van der Waals surface area contributed by atoms with Gasteiger partial charge < -0.3 is 0 Å². The Balaban J connectivity index is 0.942. The fourth-order valence-corrected chi connectivity index (χ4v) is 10.5. The maximum Gasteiger partial charge on any atom is 0.164 e. The van der Waals surface area contributed by atoms with Crippen LogP contribution in [0, 0.1) is 17.8 Å². The molecule has 2 heterocycles. The Kier molecular flexibility index (Phi) is 7.77. The molecule has 280 valence electrons. The summed E-state index contributed by atoms with van der Waals surface area (Å²) >= 11 is 0. The molecule has 0 radical (unpaired) electrons. The third-order valence-corrected chi connectivity index (χ3v) is 13.3. The van der Waals surface area contributed by atoms with Gasteiger partial charge in [-0.2, -0.15) is 0 Å². The second-order valence-corrected chi connectivity index (χ2v) is 16.6. The van der Waals surface area contributed by atoms with Gasteiger partial charge in [-0.25, -0.2) is 24.9 Å². The zero-order valence-electron chi connectivity index (χ0n) is 32.4. The molecule has 0 saturated heterocycles. The van der Waals surface area contributed by atoms with Crippen molar-refractivity contribution in [2.24, 2.45) is 17.8 Å². The summed E-state index contributed by atoms with van der Waals surface area (Å²) in [5.41, 5.74) is 12.0. The zero-order valence-corrected chi connectivity index (χ0v) is 32.4. The third-order valence-electron chi connectivity index (χ3n) is 13.3. The van der Waals surface area contributed by atoms with Gasteiger partial charge in [-0.1, -0.05) is 158 Å². The fraction of sp³-hybridized carbons (Fsp3) is 0.130. The predicted molar refractivity (Wildman–Crippen MR) is 237 cm³/mol. The minimum Gasteiger partial charge on any atom is -0.228 e. The molecule has 5 heteroatoms. The van der Waals surface area contributed by atoms with Gasteiger partial charge in [0.25, 0.3) is 0 Å². The topological polar surface area (TPSA) is 64.5 Å². The first-order valence-corrected chi connectivity index (χ1v) is 20.7. The highest BCUT2D eigenvalue weighted by Gasteiger charge is 2.71. The second kappa shape index (κ2) is 13.5. The highest BCUT2D eigenvalue weighted by atomic mass is 15.0. The van der Waals surface area contributed by atoms with E-state index >= 15 is 0 Å². The van der Waals surface area contributed by atoms with Crippen LogP contribution < -0.4 is 0 Å². The maximum atomic E-state index is 5.26. The lowest BCUT2D eigenvalue weighted by Crippen LogP contribution is -2.71. The van der Waals surface area contributed by atoms with Crippen molar-refractivity contribution in [3.05, 3.63) is 188 Å². The molecule has 3 fully saturated rings. The van der Waals surface area contributed by atoms with Crippen LogP contribution in [0.25, 0.3) is 90.0 Å². The molecule has 0 spiro atoms. The largest absolute Gasteiger partial charge is 0.228 e. The van der Waals surface area contributed by atoms with Crippen LogP contribution in [-0.2, 0) is 5.41 Å². The number of rotatable bonds is 8. The molecular weight excluding hydrogens is 719 g/mol. The Labute approximate surface area is 343 Å². The molecule has 12 rings (SSSR count). The van der Waals surface area contributed by atoms with Crippen molar-refractivity contribution < 1.29 is 0 Å².